The van der Waals surface area contributed by atoms with Crippen LogP contribution in [0.1, 0.15) is 62.3 Å². The zero-order valence-electron chi connectivity index (χ0n) is 22.3. The van der Waals surface area contributed by atoms with Crippen molar-refractivity contribution in [1.29, 1.82) is 0 Å². The number of carbonyl (C=O) groups excluding carboxylic acids is 2. The maximum absolute atomic E-state index is 13.8. The number of aliphatic hydroxyl groups excluding tert-OH is 2. The number of rotatable bonds is 12. The van der Waals surface area contributed by atoms with Crippen molar-refractivity contribution in [2.45, 2.75) is 64.7 Å². The number of hydrogen-bond donors (Lipinski definition) is 3. The van der Waals surface area contributed by atoms with Crippen molar-refractivity contribution in [3.8, 4) is 22.4 Å². The minimum Gasteiger partial charge on any atom is -0.550 e. The number of hydrogen-bond acceptors (Lipinski definition) is 6. The van der Waals surface area contributed by atoms with Crippen LogP contribution in [0.15, 0.2) is 48.7 Å². The molecule has 1 aromatic carbocycles. The van der Waals surface area contributed by atoms with Gasteiger partial charge in [0.25, 0.3) is 5.91 Å². The molecule has 8 nitrogen and oxygen atoms in total. The summed E-state index contributed by atoms with van der Waals surface area (Å²) in [5.74, 6) is -2.07. The van der Waals surface area contributed by atoms with Crippen LogP contribution in [0, 0.1) is 5.82 Å². The summed E-state index contributed by atoms with van der Waals surface area (Å²) >= 11 is 0. The Balaban J connectivity index is 0.00000507. The number of halogens is 1. The normalized spacial score (nSPS) is 12.6. The number of carboxylic acid groups (broad SMARTS) is 1. The van der Waals surface area contributed by atoms with Gasteiger partial charge in [-0.3, -0.25) is 9.78 Å². The number of carbonyl (C=O) groups is 2. The predicted molar refractivity (Wildman–Crippen MR) is 136 cm³/mol. The van der Waals surface area contributed by atoms with E-state index < -0.39 is 30.4 Å². The van der Waals surface area contributed by atoms with Gasteiger partial charge in [0.15, 0.2) is 0 Å². The summed E-state index contributed by atoms with van der Waals surface area (Å²) in [6.07, 6.45) is -0.764. The smallest absolute Gasteiger partial charge is 0.550 e. The number of nitrogens with one attached hydrogen (secondary N) is 1. The van der Waals surface area contributed by atoms with Gasteiger partial charge >= 0.3 is 29.6 Å². The summed E-state index contributed by atoms with van der Waals surface area (Å²) in [7, 11) is 0. The van der Waals surface area contributed by atoms with Crippen LogP contribution in [0.25, 0.3) is 22.4 Å². The minimum atomic E-state index is -1.39. The van der Waals surface area contributed by atoms with Gasteiger partial charge < -0.3 is 30.0 Å². The Morgan fingerprint density at radius 3 is 2.32 bits per heavy atom. The van der Waals surface area contributed by atoms with Crippen LogP contribution in [-0.4, -0.2) is 50.4 Å². The first-order chi connectivity index (χ1) is 17.6. The molecule has 0 spiro atoms. The maximum atomic E-state index is 13.8. The third-order valence-corrected chi connectivity index (χ3v) is 6.09. The summed E-state index contributed by atoms with van der Waals surface area (Å²) in [6, 6.07) is 11.3. The molecule has 198 valence electrons. The summed E-state index contributed by atoms with van der Waals surface area (Å²) < 4.78 is 15.8. The Bertz CT molecular complexity index is 1220. The number of carboxylic acids is 1. The van der Waals surface area contributed by atoms with E-state index in [1.54, 1.807) is 24.4 Å². The van der Waals surface area contributed by atoms with Gasteiger partial charge in [0.1, 0.15) is 11.5 Å². The number of benzene rings is 1. The standard InChI is InChI=1S/C28H34FN3O5.Na/c1-4-30-28(37)27-26(22-7-5-6-14-31-22)25(18-8-10-19(29)11-9-18)23(32(27)17(2)3)13-12-20(33)15-21(34)16-24(35)36;/h5-11,14,17,20-21,33-34H,4,12-13,15-16H2,1-3H3,(H,30,37)(H,35,36);/q;+1/p-1/t20-,21-;/m1./s1. The fourth-order valence-electron chi connectivity index (χ4n) is 4.62. The van der Waals surface area contributed by atoms with Crippen LogP contribution in [0.4, 0.5) is 4.39 Å². The fraction of sp³-hybridized carbons (Fsp3) is 0.393. The van der Waals surface area contributed by atoms with Gasteiger partial charge in [0.05, 0.1) is 17.9 Å². The molecule has 3 rings (SSSR count). The maximum Gasteiger partial charge on any atom is 1.00 e. The van der Waals surface area contributed by atoms with Crippen LogP contribution in [0.2, 0.25) is 0 Å². The van der Waals surface area contributed by atoms with Crippen molar-refractivity contribution in [3.05, 3.63) is 65.9 Å². The van der Waals surface area contributed by atoms with Crippen molar-refractivity contribution in [3.63, 3.8) is 0 Å². The van der Waals surface area contributed by atoms with E-state index in [1.165, 1.54) is 12.1 Å². The molecule has 10 heteroatoms. The van der Waals surface area contributed by atoms with E-state index in [1.807, 2.05) is 37.5 Å². The van der Waals surface area contributed by atoms with Crippen molar-refractivity contribution in [2.24, 2.45) is 0 Å². The third kappa shape index (κ3) is 7.74. The molecule has 0 aliphatic heterocycles. The monoisotopic (exact) mass is 533 g/mol. The molecule has 0 unspecified atom stereocenters. The quantitative estimate of drug-likeness (QED) is 0.279. The first kappa shape index (κ1) is 31.7. The number of aromatic nitrogens is 2. The molecule has 38 heavy (non-hydrogen) atoms. The molecule has 0 saturated heterocycles. The molecular formula is C28H33FN3NaO5. The van der Waals surface area contributed by atoms with Crippen molar-refractivity contribution >= 4 is 11.9 Å². The van der Waals surface area contributed by atoms with E-state index in [4.69, 9.17) is 0 Å². The molecule has 2 heterocycles. The molecule has 0 fully saturated rings. The van der Waals surface area contributed by atoms with Crippen LogP contribution in [-0.2, 0) is 11.2 Å². The Labute approximate surface area is 244 Å². The van der Waals surface area contributed by atoms with Crippen LogP contribution in [0.5, 0.6) is 0 Å². The second kappa shape index (κ2) is 14.6. The molecule has 0 bridgehead atoms. The van der Waals surface area contributed by atoms with Gasteiger partial charge in [-0.05, 0) is 69.9 Å². The number of nitrogens with zero attached hydrogens (tertiary/aromatic N) is 2. The summed E-state index contributed by atoms with van der Waals surface area (Å²) in [4.78, 5) is 28.7. The molecule has 0 aliphatic rings. The summed E-state index contributed by atoms with van der Waals surface area (Å²) in [6.45, 7) is 6.14. The predicted octanol–water partition coefficient (Wildman–Crippen LogP) is -0.125. The molecule has 3 aromatic rings. The first-order valence-electron chi connectivity index (χ1n) is 12.4. The molecule has 2 aromatic heterocycles. The topological polar surface area (TPSA) is 128 Å². The molecule has 0 radical (unpaired) electrons. The Hall–Kier alpha value is -2.56. The van der Waals surface area contributed by atoms with Gasteiger partial charge in [0.2, 0.25) is 0 Å². The number of aliphatic carboxylic acids is 1. The van der Waals surface area contributed by atoms with Crippen LogP contribution >= 0.6 is 0 Å². The van der Waals surface area contributed by atoms with Crippen molar-refractivity contribution < 1.29 is 58.9 Å². The van der Waals surface area contributed by atoms with E-state index in [0.29, 0.717) is 41.0 Å². The summed E-state index contributed by atoms with van der Waals surface area (Å²) in [5.41, 5.74) is 3.74. The van der Waals surface area contributed by atoms with E-state index in [0.717, 1.165) is 5.69 Å². The van der Waals surface area contributed by atoms with Gasteiger partial charge in [-0.25, -0.2) is 4.39 Å². The van der Waals surface area contributed by atoms with Gasteiger partial charge in [-0.2, -0.15) is 0 Å². The Morgan fingerprint density at radius 2 is 1.76 bits per heavy atom. The van der Waals surface area contributed by atoms with Crippen LogP contribution in [0.3, 0.4) is 0 Å². The van der Waals surface area contributed by atoms with Crippen LogP contribution < -0.4 is 40.0 Å². The number of amides is 1. The number of aliphatic hydroxyl groups is 2. The SMILES string of the molecule is CCNC(=O)c1c(-c2ccccn2)c(-c2ccc(F)cc2)c(CC[C@@H](O)C[C@@H](O)CC(=O)[O-])n1C(C)C.[Na+]. The molecule has 2 atom stereocenters. The van der Waals surface area contributed by atoms with Crippen molar-refractivity contribution in [1.82, 2.24) is 14.9 Å². The van der Waals surface area contributed by atoms with E-state index in [9.17, 15) is 29.3 Å². The molecule has 0 saturated carbocycles. The van der Waals surface area contributed by atoms with Gasteiger partial charge in [-0.1, -0.05) is 18.2 Å². The van der Waals surface area contributed by atoms with E-state index >= 15 is 0 Å². The molecular weight excluding hydrogens is 500 g/mol. The fourth-order valence-corrected chi connectivity index (χ4v) is 4.62. The van der Waals surface area contributed by atoms with Gasteiger partial charge in [0, 0.05) is 48.0 Å². The Morgan fingerprint density at radius 1 is 1.08 bits per heavy atom. The molecule has 3 N–H and O–H groups in total. The average molecular weight is 534 g/mol. The van der Waals surface area contributed by atoms with E-state index in [-0.39, 0.29) is 54.3 Å². The largest absolute Gasteiger partial charge is 1.00 e. The molecule has 1 amide bonds. The Kier molecular flexibility index (Phi) is 12.1. The van der Waals surface area contributed by atoms with E-state index in [2.05, 4.69) is 10.3 Å². The zero-order chi connectivity index (χ0) is 27.1. The third-order valence-electron chi connectivity index (χ3n) is 6.09. The zero-order valence-corrected chi connectivity index (χ0v) is 24.3. The second-order valence-electron chi connectivity index (χ2n) is 9.25. The molecule has 0 aliphatic carbocycles. The van der Waals surface area contributed by atoms with Gasteiger partial charge in [-0.15, -0.1) is 0 Å². The number of pyridine rings is 1. The second-order valence-corrected chi connectivity index (χ2v) is 9.25. The first-order valence-corrected chi connectivity index (χ1v) is 12.4. The van der Waals surface area contributed by atoms with Crippen molar-refractivity contribution in [2.75, 3.05) is 6.54 Å². The minimum absolute atomic E-state index is 0. The summed E-state index contributed by atoms with van der Waals surface area (Å²) in [5, 5.41) is 34.2. The average Bonchev–Trinajstić information content (AvgIpc) is 3.19.